The van der Waals surface area contributed by atoms with E-state index in [2.05, 4.69) is 132 Å². The summed E-state index contributed by atoms with van der Waals surface area (Å²) >= 11 is 0. The first kappa shape index (κ1) is 85.4. The molecule has 10 atom stereocenters. The van der Waals surface area contributed by atoms with Crippen molar-refractivity contribution in [3.8, 4) is 23.0 Å². The fourth-order valence-electron chi connectivity index (χ4n) is 15.8. The summed E-state index contributed by atoms with van der Waals surface area (Å²) in [7, 11) is 0. The molecule has 0 spiro atoms. The van der Waals surface area contributed by atoms with Gasteiger partial charge in [-0.15, -0.1) is 0 Å². The Hall–Kier alpha value is -10.0. The molecule has 17 heteroatoms. The Morgan fingerprint density at radius 3 is 0.739 bits per heavy atom. The molecule has 119 heavy (non-hydrogen) atoms. The molecule has 0 saturated carbocycles. The first-order chi connectivity index (χ1) is 57.1. The summed E-state index contributed by atoms with van der Waals surface area (Å²) in [6, 6.07) is 75.2. The van der Waals surface area contributed by atoms with Crippen LogP contribution in [0.4, 0.5) is 0 Å². The summed E-state index contributed by atoms with van der Waals surface area (Å²) < 4.78 is 93.2. The van der Waals surface area contributed by atoms with E-state index in [-0.39, 0.29) is 76.8 Å². The van der Waals surface area contributed by atoms with Crippen LogP contribution in [0, 0.1) is 0 Å². The van der Waals surface area contributed by atoms with E-state index >= 15 is 9.59 Å². The molecule has 0 amide bonds. The molecule has 0 aromatic heterocycles. The van der Waals surface area contributed by atoms with Gasteiger partial charge in [0.2, 0.25) is 0 Å². The molecule has 0 radical (unpaired) electrons. The van der Waals surface area contributed by atoms with Crippen molar-refractivity contribution >= 4 is 11.9 Å². The van der Waals surface area contributed by atoms with Gasteiger partial charge in [-0.25, -0.2) is 9.59 Å². The van der Waals surface area contributed by atoms with E-state index in [4.69, 9.17) is 61.6 Å². The highest BCUT2D eigenvalue weighted by Gasteiger charge is 2.55. The normalized spacial score (nSPS) is 21.5. The van der Waals surface area contributed by atoms with Gasteiger partial charge in [-0.3, -0.25) is 0 Å². The van der Waals surface area contributed by atoms with Crippen LogP contribution in [0.2, 0.25) is 0 Å². The second kappa shape index (κ2) is 37.7. The quantitative estimate of drug-likeness (QED) is 0.0769. The summed E-state index contributed by atoms with van der Waals surface area (Å²) in [5.41, 5.74) is 12.5. The number of fused-ring (bicyclic) bond motifs is 8. The van der Waals surface area contributed by atoms with Crippen LogP contribution in [-0.2, 0) is 149 Å². The van der Waals surface area contributed by atoms with Crippen LogP contribution in [0.3, 0.4) is 0 Å². The van der Waals surface area contributed by atoms with Gasteiger partial charge in [-0.05, 0) is 122 Å². The van der Waals surface area contributed by atoms with Gasteiger partial charge < -0.3 is 71.8 Å². The van der Waals surface area contributed by atoms with E-state index in [0.29, 0.717) is 56.0 Å². The summed E-state index contributed by atoms with van der Waals surface area (Å²) in [6.07, 6.45) is -11.2. The maximum atomic E-state index is 15.5. The highest BCUT2D eigenvalue weighted by molar-refractivity contribution is 5.72. The number of rotatable bonds is 18. The van der Waals surface area contributed by atoms with Gasteiger partial charge in [0.1, 0.15) is 85.0 Å². The molecule has 15 rings (SSSR count). The third kappa shape index (κ3) is 21.8. The van der Waals surface area contributed by atoms with Gasteiger partial charge in [0.15, 0.2) is 25.8 Å². The Balaban J connectivity index is 0.973. The molecule has 5 aliphatic rings. The predicted molar refractivity (Wildman–Crippen MR) is 457 cm³/mol. The second-order valence-electron chi connectivity index (χ2n) is 36.0. The largest absolute Gasteiger partial charge is 0.507 e. The van der Waals surface area contributed by atoms with Crippen molar-refractivity contribution in [2.75, 3.05) is 26.4 Å². The summed E-state index contributed by atoms with van der Waals surface area (Å²) in [5.74, 6) is -0.569. The van der Waals surface area contributed by atoms with Crippen LogP contribution in [-0.4, -0.2) is 110 Å². The molecule has 4 heterocycles. The molecule has 4 aliphatic heterocycles. The summed E-state index contributed by atoms with van der Waals surface area (Å²) in [4.78, 5) is 31.0. The highest BCUT2D eigenvalue weighted by atomic mass is 16.8. The maximum absolute atomic E-state index is 15.5. The van der Waals surface area contributed by atoms with Crippen molar-refractivity contribution in [3.63, 3.8) is 0 Å². The van der Waals surface area contributed by atoms with Gasteiger partial charge >= 0.3 is 11.9 Å². The van der Waals surface area contributed by atoms with Crippen molar-refractivity contribution in [2.24, 2.45) is 0 Å². The van der Waals surface area contributed by atoms with Crippen molar-refractivity contribution in [1.82, 2.24) is 0 Å². The molecule has 0 unspecified atom stereocenters. The number of esters is 2. The van der Waals surface area contributed by atoms with E-state index in [1.54, 1.807) is 0 Å². The second-order valence-corrected chi connectivity index (χ2v) is 36.0. The van der Waals surface area contributed by atoms with Crippen molar-refractivity contribution < 1.29 is 81.4 Å². The Bertz CT molecular complexity index is 4620. The Morgan fingerprint density at radius 1 is 0.286 bits per heavy atom. The van der Waals surface area contributed by atoms with E-state index in [1.807, 2.05) is 182 Å². The van der Waals surface area contributed by atoms with Crippen molar-refractivity contribution in [2.45, 2.75) is 231 Å². The number of aromatic hydroxyl groups is 2. The number of hydrogen-bond acceptors (Lipinski definition) is 17. The van der Waals surface area contributed by atoms with E-state index in [0.717, 1.165) is 55.6 Å². The smallest absolute Gasteiger partial charge is 0.344 e. The van der Waals surface area contributed by atoms with Crippen LogP contribution in [0.5, 0.6) is 23.0 Å². The topological polar surface area (TPSA) is 195 Å². The van der Waals surface area contributed by atoms with Crippen LogP contribution in [0.1, 0.15) is 183 Å². The standard InChI is InChI=1S/C102H114O17/c1-99(2,3)79-47-71-43-75-51-81(101(7,8)9)53-77-45-73-49-80(100(4,5)6)50-74(88(73)106)46-78-54-82(102(10,11)12)52-76(44-72(48-79)87(71)105)90(78)116-64-86(104)108-62-84-92(110-56-66-33-21-14-22-34-66)94(112-58-68-37-25-16-26-38-68)96(114-60-70-41-29-18-30-42-70)98(118-84)119-97-95(113-59-69-39-27-17-28-40-69)93(111-57-67-35-23-15-24-36-67)91(109-55-65-31-19-13-20-32-65)83(117-97)61-107-85(103)63-115-89(75)77/h13-42,47-54,83-84,91-98,105-106H,43-46,55-64H2,1-12H3/t83-,84-,91-,92-,93+,94+,95-,96-,97-,98-/m1/s1. The summed E-state index contributed by atoms with van der Waals surface area (Å²) in [5, 5.41) is 26.5. The van der Waals surface area contributed by atoms with E-state index < -0.39 is 121 Å². The van der Waals surface area contributed by atoms with Gasteiger partial charge in [0.05, 0.1) is 39.6 Å². The van der Waals surface area contributed by atoms with Crippen LogP contribution in [0.15, 0.2) is 231 Å². The molecular weight excluding hydrogens is 1500 g/mol. The Morgan fingerprint density at radius 2 is 0.504 bits per heavy atom. The number of carbonyl (C=O) groups excluding carboxylic acids is 2. The predicted octanol–water partition coefficient (Wildman–Crippen LogP) is 18.8. The molecule has 17 nitrogen and oxygen atoms in total. The zero-order valence-corrected chi connectivity index (χ0v) is 70.6. The lowest BCUT2D eigenvalue weighted by Gasteiger charge is -2.49. The number of ether oxygens (including phenoxy) is 13. The zero-order chi connectivity index (χ0) is 83.6. The lowest BCUT2D eigenvalue weighted by atomic mass is 9.79. The average Bonchev–Trinajstić information content (AvgIpc) is 0.766. The zero-order valence-electron chi connectivity index (χ0n) is 70.6. The number of hydrogen-bond donors (Lipinski definition) is 2. The van der Waals surface area contributed by atoms with Gasteiger partial charge in [0.25, 0.3) is 0 Å². The maximum Gasteiger partial charge on any atom is 0.344 e. The molecule has 624 valence electrons. The van der Waals surface area contributed by atoms with E-state index in [1.165, 1.54) is 0 Å². The van der Waals surface area contributed by atoms with Gasteiger partial charge in [0, 0.05) is 25.7 Å². The highest BCUT2D eigenvalue weighted by Crippen LogP contribution is 2.46. The lowest BCUT2D eigenvalue weighted by Crippen LogP contribution is -2.66. The minimum absolute atomic E-state index is 0.0523. The Labute approximate surface area is 701 Å². The lowest BCUT2D eigenvalue weighted by molar-refractivity contribution is -0.393. The molecule has 1 aliphatic carbocycles. The Kier molecular flexibility index (Phi) is 27.1. The fourth-order valence-corrected chi connectivity index (χ4v) is 15.8. The molecule has 2 N–H and O–H groups in total. The minimum atomic E-state index is -1.46. The molecule has 2 saturated heterocycles. The minimum Gasteiger partial charge on any atom is -0.507 e. The third-order valence-corrected chi connectivity index (χ3v) is 22.7. The molecule has 10 aromatic rings. The molecule has 14 bridgehead atoms. The monoisotopic (exact) mass is 1610 g/mol. The fraction of sp³-hybridized carbons (Fsp3) is 0.392. The van der Waals surface area contributed by atoms with Gasteiger partial charge in [-0.2, -0.15) is 0 Å². The average molecular weight is 1610 g/mol. The van der Waals surface area contributed by atoms with Crippen LogP contribution < -0.4 is 9.47 Å². The number of phenolic OH excluding ortho intramolecular Hbond substituents is 2. The molecule has 2 fully saturated rings. The molecular formula is C102H114O17. The first-order valence-electron chi connectivity index (χ1n) is 41.6. The van der Waals surface area contributed by atoms with Crippen LogP contribution in [0.25, 0.3) is 0 Å². The number of benzene rings is 10. The van der Waals surface area contributed by atoms with Crippen molar-refractivity contribution in [1.29, 1.82) is 0 Å². The SMILES string of the molecule is CC(C)(C)c1cc2c(O)c(c1)Cc1cc(C(C)(C)C)cc3c1OCC(=O)OC[C@H]1O[C@H](O[C@H]4O[C@H](COC(=O)COc5c(cc(C(C)(C)C)cc5Cc5cc(C(C)(C)C)cc(c5O)C3)C2)[C@@H](OCc2ccccc2)[C@H](OCc2ccccc2)[C@H]4OCc2ccccc2)[C@H](OCc2ccccc2)[C@@H](OCc2ccccc2)[C@@H]1OCc1ccccc1. The third-order valence-electron chi connectivity index (χ3n) is 22.7. The van der Waals surface area contributed by atoms with Crippen molar-refractivity contribution in [3.05, 3.63) is 331 Å². The van der Waals surface area contributed by atoms with E-state index in [9.17, 15) is 10.2 Å². The van der Waals surface area contributed by atoms with Crippen LogP contribution >= 0.6 is 0 Å². The summed E-state index contributed by atoms with van der Waals surface area (Å²) in [6.45, 7) is 24.2. The first-order valence-corrected chi connectivity index (χ1v) is 41.6. The molecule has 10 aromatic carbocycles. The van der Waals surface area contributed by atoms with Gasteiger partial charge in [-0.1, -0.05) is 314 Å². The number of carbonyl (C=O) groups is 2. The number of phenols is 2.